The molecule has 2 saturated heterocycles. The van der Waals surface area contributed by atoms with Gasteiger partial charge < -0.3 is 19.7 Å². The molecule has 1 spiro atoms. The van der Waals surface area contributed by atoms with Crippen LogP contribution in [0, 0.1) is 5.41 Å². The second-order valence-corrected chi connectivity index (χ2v) is 9.18. The summed E-state index contributed by atoms with van der Waals surface area (Å²) in [5.41, 5.74) is 0.0513. The van der Waals surface area contributed by atoms with Gasteiger partial charge in [-0.1, -0.05) is 6.42 Å². The Morgan fingerprint density at radius 1 is 1.08 bits per heavy atom. The van der Waals surface area contributed by atoms with E-state index in [1.165, 1.54) is 32.1 Å². The van der Waals surface area contributed by atoms with Gasteiger partial charge in [0.2, 0.25) is 0 Å². The lowest BCUT2D eigenvalue weighted by Crippen LogP contribution is -2.49. The van der Waals surface area contributed by atoms with Gasteiger partial charge >= 0.3 is 6.09 Å². The first kappa shape index (κ1) is 19.0. The van der Waals surface area contributed by atoms with E-state index in [4.69, 9.17) is 9.47 Å². The zero-order valence-corrected chi connectivity index (χ0v) is 16.3. The van der Waals surface area contributed by atoms with Crippen molar-refractivity contribution in [2.45, 2.75) is 89.8 Å². The fraction of sp³-hybridized carbons (Fsp3) is 0.950. The zero-order valence-electron chi connectivity index (χ0n) is 16.3. The number of nitrogens with one attached hydrogen (secondary N) is 1. The molecule has 3 rings (SSSR count). The van der Waals surface area contributed by atoms with Crippen LogP contribution < -0.4 is 5.32 Å². The molecule has 0 aromatic rings. The van der Waals surface area contributed by atoms with Crippen LogP contribution in [0.15, 0.2) is 0 Å². The standard InChI is InChI=1S/C20H36N2O3/c1-19(2,3)25-18(23)22-12-5-6-16(8-13-22)21-17-7-4-9-20(17)10-14-24-15-11-20/h16-17,21H,4-15H2,1-3H3. The van der Waals surface area contributed by atoms with Crippen molar-refractivity contribution in [3.63, 3.8) is 0 Å². The van der Waals surface area contributed by atoms with Crippen molar-refractivity contribution >= 4 is 6.09 Å². The summed E-state index contributed by atoms with van der Waals surface area (Å²) in [6.07, 6.45) is 9.49. The predicted octanol–water partition coefficient (Wildman–Crippen LogP) is 3.71. The normalized spacial score (nSPS) is 30.3. The Hall–Kier alpha value is -0.810. The Kier molecular flexibility index (Phi) is 5.94. The van der Waals surface area contributed by atoms with Gasteiger partial charge in [-0.2, -0.15) is 0 Å². The highest BCUT2D eigenvalue weighted by atomic mass is 16.6. The molecule has 5 heteroatoms. The van der Waals surface area contributed by atoms with Crippen molar-refractivity contribution in [2.75, 3.05) is 26.3 Å². The van der Waals surface area contributed by atoms with Gasteiger partial charge in [0.25, 0.3) is 0 Å². The molecular weight excluding hydrogens is 316 g/mol. The highest BCUT2D eigenvalue weighted by Gasteiger charge is 2.44. The van der Waals surface area contributed by atoms with E-state index in [0.717, 1.165) is 45.6 Å². The minimum atomic E-state index is -0.416. The van der Waals surface area contributed by atoms with E-state index in [9.17, 15) is 4.79 Å². The Balaban J connectivity index is 1.52. The number of ether oxygens (including phenoxy) is 2. The molecule has 1 aliphatic carbocycles. The third-order valence-electron chi connectivity index (χ3n) is 6.21. The first-order valence-electron chi connectivity index (χ1n) is 10.2. The van der Waals surface area contributed by atoms with Gasteiger partial charge in [-0.3, -0.25) is 0 Å². The molecule has 0 aromatic carbocycles. The predicted molar refractivity (Wildman–Crippen MR) is 98.7 cm³/mol. The summed E-state index contributed by atoms with van der Waals surface area (Å²) in [6.45, 7) is 9.26. The van der Waals surface area contributed by atoms with Crippen LogP contribution in [0.4, 0.5) is 4.79 Å². The average molecular weight is 353 g/mol. The largest absolute Gasteiger partial charge is 0.444 e. The molecule has 25 heavy (non-hydrogen) atoms. The third kappa shape index (κ3) is 4.88. The molecular formula is C20H36N2O3. The summed E-state index contributed by atoms with van der Waals surface area (Å²) in [4.78, 5) is 14.2. The Labute approximate surface area is 152 Å². The molecule has 3 aliphatic rings. The number of rotatable bonds is 2. The summed E-state index contributed by atoms with van der Waals surface area (Å²) in [5.74, 6) is 0. The van der Waals surface area contributed by atoms with Crippen LogP contribution in [0.3, 0.4) is 0 Å². The molecule has 3 fully saturated rings. The molecule has 1 N–H and O–H groups in total. The first-order valence-corrected chi connectivity index (χ1v) is 10.2. The number of hydrogen-bond acceptors (Lipinski definition) is 4. The molecule has 0 radical (unpaired) electrons. The van der Waals surface area contributed by atoms with E-state index >= 15 is 0 Å². The summed E-state index contributed by atoms with van der Waals surface area (Å²) in [6, 6.07) is 1.16. The molecule has 5 nitrogen and oxygen atoms in total. The number of amides is 1. The van der Waals surface area contributed by atoms with E-state index in [-0.39, 0.29) is 6.09 Å². The van der Waals surface area contributed by atoms with Crippen molar-refractivity contribution < 1.29 is 14.3 Å². The van der Waals surface area contributed by atoms with Crippen molar-refractivity contribution in [1.29, 1.82) is 0 Å². The van der Waals surface area contributed by atoms with Gasteiger partial charge in [-0.15, -0.1) is 0 Å². The quantitative estimate of drug-likeness (QED) is 0.823. The topological polar surface area (TPSA) is 50.8 Å². The number of carbonyl (C=O) groups excluding carboxylic acids is 1. The minimum Gasteiger partial charge on any atom is -0.444 e. The number of nitrogens with zero attached hydrogens (tertiary/aromatic N) is 1. The third-order valence-corrected chi connectivity index (χ3v) is 6.21. The Morgan fingerprint density at radius 2 is 1.84 bits per heavy atom. The molecule has 2 unspecified atom stereocenters. The smallest absolute Gasteiger partial charge is 0.410 e. The highest BCUT2D eigenvalue weighted by molar-refractivity contribution is 5.68. The van der Waals surface area contributed by atoms with Crippen LogP contribution in [-0.4, -0.2) is 55.0 Å². The van der Waals surface area contributed by atoms with Gasteiger partial charge in [-0.05, 0) is 71.1 Å². The summed E-state index contributed by atoms with van der Waals surface area (Å²) in [7, 11) is 0. The lowest BCUT2D eigenvalue weighted by molar-refractivity contribution is 0.00203. The molecule has 0 aromatic heterocycles. The van der Waals surface area contributed by atoms with Crippen LogP contribution in [-0.2, 0) is 9.47 Å². The van der Waals surface area contributed by atoms with E-state index in [0.29, 0.717) is 17.5 Å². The minimum absolute atomic E-state index is 0.157. The fourth-order valence-electron chi connectivity index (χ4n) is 4.83. The van der Waals surface area contributed by atoms with E-state index < -0.39 is 5.60 Å². The maximum atomic E-state index is 12.3. The van der Waals surface area contributed by atoms with Crippen molar-refractivity contribution in [1.82, 2.24) is 10.2 Å². The molecule has 2 heterocycles. The van der Waals surface area contributed by atoms with Crippen LogP contribution >= 0.6 is 0 Å². The molecule has 2 atom stereocenters. The molecule has 1 saturated carbocycles. The first-order chi connectivity index (χ1) is 11.9. The average Bonchev–Trinajstić information content (AvgIpc) is 2.77. The number of hydrogen-bond donors (Lipinski definition) is 1. The lowest BCUT2D eigenvalue weighted by Gasteiger charge is -2.41. The fourth-order valence-corrected chi connectivity index (χ4v) is 4.83. The van der Waals surface area contributed by atoms with Crippen molar-refractivity contribution in [3.8, 4) is 0 Å². The summed E-state index contributed by atoms with van der Waals surface area (Å²) in [5, 5.41) is 3.99. The molecule has 1 amide bonds. The second kappa shape index (κ2) is 7.83. The molecule has 144 valence electrons. The zero-order chi connectivity index (χ0) is 17.9. The SMILES string of the molecule is CC(C)(C)OC(=O)N1CCCC(NC2CCCC23CCOCC3)CC1. The summed E-state index contributed by atoms with van der Waals surface area (Å²) >= 11 is 0. The van der Waals surface area contributed by atoms with Crippen LogP contribution in [0.1, 0.15) is 72.1 Å². The molecule has 0 bridgehead atoms. The Morgan fingerprint density at radius 3 is 2.56 bits per heavy atom. The maximum Gasteiger partial charge on any atom is 0.410 e. The van der Waals surface area contributed by atoms with Crippen molar-refractivity contribution in [2.24, 2.45) is 5.41 Å². The monoisotopic (exact) mass is 352 g/mol. The number of carbonyl (C=O) groups is 1. The van der Waals surface area contributed by atoms with Crippen molar-refractivity contribution in [3.05, 3.63) is 0 Å². The maximum absolute atomic E-state index is 12.3. The van der Waals surface area contributed by atoms with Crippen LogP contribution in [0.2, 0.25) is 0 Å². The Bertz CT molecular complexity index is 454. The summed E-state index contributed by atoms with van der Waals surface area (Å²) < 4.78 is 11.2. The van der Waals surface area contributed by atoms with Gasteiger partial charge in [-0.25, -0.2) is 4.79 Å². The number of likely N-dealkylation sites (tertiary alicyclic amines) is 1. The van der Waals surface area contributed by atoms with Crippen LogP contribution in [0.5, 0.6) is 0 Å². The van der Waals surface area contributed by atoms with Gasteiger partial charge in [0.05, 0.1) is 0 Å². The van der Waals surface area contributed by atoms with Gasteiger partial charge in [0, 0.05) is 38.4 Å². The van der Waals surface area contributed by atoms with E-state index in [1.807, 2.05) is 25.7 Å². The van der Waals surface area contributed by atoms with Crippen LogP contribution in [0.25, 0.3) is 0 Å². The van der Waals surface area contributed by atoms with E-state index in [1.54, 1.807) is 0 Å². The molecule has 2 aliphatic heterocycles. The van der Waals surface area contributed by atoms with Gasteiger partial charge in [0.1, 0.15) is 5.60 Å². The van der Waals surface area contributed by atoms with E-state index in [2.05, 4.69) is 5.32 Å². The highest BCUT2D eigenvalue weighted by Crippen LogP contribution is 2.46. The lowest BCUT2D eigenvalue weighted by atomic mass is 9.75. The second-order valence-electron chi connectivity index (χ2n) is 9.18. The van der Waals surface area contributed by atoms with Gasteiger partial charge in [0.15, 0.2) is 0 Å².